The Hall–Kier alpha value is -2.32. The largest absolute Gasteiger partial charge is 0.467 e. The average Bonchev–Trinajstić information content (AvgIpc) is 3.35. The van der Waals surface area contributed by atoms with Crippen LogP contribution in [0, 0.1) is 0 Å². The van der Waals surface area contributed by atoms with E-state index in [9.17, 15) is 4.79 Å². The molecule has 0 aliphatic rings. The molecule has 1 amide bonds. The molecule has 2 N–H and O–H groups in total. The van der Waals surface area contributed by atoms with Gasteiger partial charge in [0.05, 0.1) is 18.1 Å². The van der Waals surface area contributed by atoms with Crippen LogP contribution >= 0.6 is 23.1 Å². The summed E-state index contributed by atoms with van der Waals surface area (Å²) in [6, 6.07) is 13.6. The molecule has 136 valence electrons. The molecule has 0 saturated heterocycles. The third kappa shape index (κ3) is 5.34. The number of anilines is 1. The summed E-state index contributed by atoms with van der Waals surface area (Å²) in [5.74, 6) is 0.850. The number of thioether (sulfide) groups is 1. The molecular weight excluding hydrogens is 368 g/mol. The normalized spacial score (nSPS) is 11.9. The van der Waals surface area contributed by atoms with Crippen LogP contribution in [0.4, 0.5) is 5.13 Å². The maximum absolute atomic E-state index is 12.4. The van der Waals surface area contributed by atoms with Crippen LogP contribution in [-0.2, 0) is 17.9 Å². The van der Waals surface area contributed by atoms with Gasteiger partial charge >= 0.3 is 0 Å². The number of amides is 1. The van der Waals surface area contributed by atoms with Gasteiger partial charge in [-0.25, -0.2) is 0 Å². The van der Waals surface area contributed by atoms with Gasteiger partial charge in [-0.15, -0.1) is 10.2 Å². The summed E-state index contributed by atoms with van der Waals surface area (Å²) in [6.45, 7) is 3.08. The highest BCUT2D eigenvalue weighted by molar-refractivity contribution is 8.02. The van der Waals surface area contributed by atoms with Gasteiger partial charge in [0.15, 0.2) is 4.34 Å². The monoisotopic (exact) mass is 388 g/mol. The number of nitrogens with one attached hydrogen (secondary N) is 2. The Labute approximate surface area is 160 Å². The minimum absolute atomic E-state index is 0.0154. The molecule has 3 rings (SSSR count). The number of carbonyl (C=O) groups excluding carboxylic acids is 1. The quantitative estimate of drug-likeness (QED) is 0.541. The Morgan fingerprint density at radius 1 is 1.19 bits per heavy atom. The zero-order chi connectivity index (χ0) is 18.2. The first kappa shape index (κ1) is 18.5. The summed E-state index contributed by atoms with van der Waals surface area (Å²) in [5, 5.41) is 15.0. The SMILES string of the molecule is CCC(Sc1nnc(NCc2ccco2)s1)C(=O)NCc1ccccc1. The summed E-state index contributed by atoms with van der Waals surface area (Å²) < 4.78 is 6.05. The van der Waals surface area contributed by atoms with E-state index in [1.54, 1.807) is 6.26 Å². The first-order valence-electron chi connectivity index (χ1n) is 8.32. The maximum Gasteiger partial charge on any atom is 0.233 e. The molecule has 0 bridgehead atoms. The van der Waals surface area contributed by atoms with Gasteiger partial charge in [0.1, 0.15) is 5.76 Å². The highest BCUT2D eigenvalue weighted by atomic mass is 32.2. The van der Waals surface area contributed by atoms with Crippen molar-refractivity contribution in [3.05, 3.63) is 60.1 Å². The Kier molecular flexibility index (Phi) is 6.68. The number of hydrogen-bond acceptors (Lipinski definition) is 7. The van der Waals surface area contributed by atoms with Crippen molar-refractivity contribution in [2.24, 2.45) is 0 Å². The van der Waals surface area contributed by atoms with Gasteiger partial charge in [-0.3, -0.25) is 4.79 Å². The van der Waals surface area contributed by atoms with Gasteiger partial charge < -0.3 is 15.1 Å². The van der Waals surface area contributed by atoms with E-state index in [1.165, 1.54) is 23.1 Å². The molecule has 2 heterocycles. The molecular formula is C18H20N4O2S2. The lowest BCUT2D eigenvalue weighted by molar-refractivity contribution is -0.120. The number of hydrogen-bond donors (Lipinski definition) is 2. The molecule has 1 aromatic carbocycles. The van der Waals surface area contributed by atoms with E-state index in [2.05, 4.69) is 20.8 Å². The summed E-state index contributed by atoms with van der Waals surface area (Å²) in [4.78, 5) is 12.4. The Bertz CT molecular complexity index is 806. The fraction of sp³-hybridized carbons (Fsp3) is 0.278. The molecule has 0 radical (unpaired) electrons. The van der Waals surface area contributed by atoms with Crippen LogP contribution in [0.25, 0.3) is 0 Å². The van der Waals surface area contributed by atoms with Gasteiger partial charge in [-0.1, -0.05) is 60.4 Å². The zero-order valence-electron chi connectivity index (χ0n) is 14.3. The van der Waals surface area contributed by atoms with Crippen LogP contribution in [0.1, 0.15) is 24.7 Å². The van der Waals surface area contributed by atoms with E-state index in [-0.39, 0.29) is 11.2 Å². The molecule has 26 heavy (non-hydrogen) atoms. The zero-order valence-corrected chi connectivity index (χ0v) is 16.0. The summed E-state index contributed by atoms with van der Waals surface area (Å²) in [7, 11) is 0. The Morgan fingerprint density at radius 3 is 2.77 bits per heavy atom. The van der Waals surface area contributed by atoms with Crippen LogP contribution in [0.3, 0.4) is 0 Å². The van der Waals surface area contributed by atoms with Gasteiger partial charge in [-0.2, -0.15) is 0 Å². The number of aromatic nitrogens is 2. The van der Waals surface area contributed by atoms with Crippen molar-refractivity contribution < 1.29 is 9.21 Å². The fourth-order valence-electron chi connectivity index (χ4n) is 2.25. The molecule has 1 atom stereocenters. The Balaban J connectivity index is 1.50. The van der Waals surface area contributed by atoms with E-state index in [0.717, 1.165) is 22.1 Å². The van der Waals surface area contributed by atoms with Crippen molar-refractivity contribution in [1.82, 2.24) is 15.5 Å². The molecule has 0 aliphatic heterocycles. The molecule has 0 spiro atoms. The van der Waals surface area contributed by atoms with Crippen molar-refractivity contribution in [1.29, 1.82) is 0 Å². The maximum atomic E-state index is 12.4. The second kappa shape index (κ2) is 9.40. The molecule has 3 aromatic rings. The van der Waals surface area contributed by atoms with E-state index in [4.69, 9.17) is 4.42 Å². The number of carbonyl (C=O) groups is 1. The molecule has 2 aromatic heterocycles. The lowest BCUT2D eigenvalue weighted by Gasteiger charge is -2.13. The van der Waals surface area contributed by atoms with Gasteiger partial charge in [0.25, 0.3) is 0 Å². The first-order valence-corrected chi connectivity index (χ1v) is 10.0. The topological polar surface area (TPSA) is 80.1 Å². The predicted molar refractivity (Wildman–Crippen MR) is 104 cm³/mol. The molecule has 6 nitrogen and oxygen atoms in total. The van der Waals surface area contributed by atoms with E-state index in [1.807, 2.05) is 49.4 Å². The molecule has 8 heteroatoms. The molecule has 0 fully saturated rings. The minimum atomic E-state index is -0.190. The average molecular weight is 389 g/mol. The first-order chi connectivity index (χ1) is 12.7. The van der Waals surface area contributed by atoms with Crippen molar-refractivity contribution in [3.63, 3.8) is 0 Å². The molecule has 1 unspecified atom stereocenters. The Morgan fingerprint density at radius 2 is 2.04 bits per heavy atom. The molecule has 0 aliphatic carbocycles. The minimum Gasteiger partial charge on any atom is -0.467 e. The molecule has 0 saturated carbocycles. The van der Waals surface area contributed by atoms with Gasteiger partial charge in [0.2, 0.25) is 11.0 Å². The second-order valence-corrected chi connectivity index (χ2v) is 7.95. The van der Waals surface area contributed by atoms with Crippen molar-refractivity contribution in [2.45, 2.75) is 36.0 Å². The van der Waals surface area contributed by atoms with Crippen molar-refractivity contribution in [3.8, 4) is 0 Å². The standard InChI is InChI=1S/C18H20N4O2S2/c1-2-15(16(23)19-11-13-7-4-3-5-8-13)25-18-22-21-17(26-18)20-12-14-9-6-10-24-14/h3-10,15H,2,11-12H2,1H3,(H,19,23)(H,20,21). The van der Waals surface area contributed by atoms with E-state index in [0.29, 0.717) is 18.2 Å². The van der Waals surface area contributed by atoms with Crippen LogP contribution in [-0.4, -0.2) is 21.4 Å². The van der Waals surface area contributed by atoms with Crippen LogP contribution in [0.2, 0.25) is 0 Å². The predicted octanol–water partition coefficient (Wildman–Crippen LogP) is 3.93. The highest BCUT2D eigenvalue weighted by Gasteiger charge is 2.20. The number of benzene rings is 1. The van der Waals surface area contributed by atoms with E-state index >= 15 is 0 Å². The highest BCUT2D eigenvalue weighted by Crippen LogP contribution is 2.30. The number of nitrogens with zero attached hydrogens (tertiary/aromatic N) is 2. The lowest BCUT2D eigenvalue weighted by atomic mass is 10.2. The third-order valence-corrected chi connectivity index (χ3v) is 5.95. The van der Waals surface area contributed by atoms with Crippen LogP contribution in [0.15, 0.2) is 57.5 Å². The number of rotatable bonds is 9. The second-order valence-electron chi connectivity index (χ2n) is 5.52. The van der Waals surface area contributed by atoms with Crippen LogP contribution in [0.5, 0.6) is 0 Å². The lowest BCUT2D eigenvalue weighted by Crippen LogP contribution is -2.31. The smallest absolute Gasteiger partial charge is 0.233 e. The van der Waals surface area contributed by atoms with Gasteiger partial charge in [0, 0.05) is 6.54 Å². The van der Waals surface area contributed by atoms with Gasteiger partial charge in [-0.05, 0) is 24.1 Å². The summed E-state index contributed by atoms with van der Waals surface area (Å²) in [5.41, 5.74) is 1.08. The summed E-state index contributed by atoms with van der Waals surface area (Å²) >= 11 is 2.88. The van der Waals surface area contributed by atoms with E-state index < -0.39 is 0 Å². The third-order valence-electron chi connectivity index (χ3n) is 3.62. The fourth-order valence-corrected chi connectivity index (χ4v) is 4.19. The van der Waals surface area contributed by atoms with Crippen molar-refractivity contribution in [2.75, 3.05) is 5.32 Å². The number of furan rings is 1. The summed E-state index contributed by atoms with van der Waals surface area (Å²) in [6.07, 6.45) is 2.36. The van der Waals surface area contributed by atoms with Crippen LogP contribution < -0.4 is 10.6 Å². The van der Waals surface area contributed by atoms with Crippen molar-refractivity contribution >= 4 is 34.1 Å².